The Labute approximate surface area is 132 Å². The molecule has 1 N–H and O–H groups in total. The number of carboxylic acid groups (broad SMARTS) is 1. The molecule has 0 saturated carbocycles. The van der Waals surface area contributed by atoms with Gasteiger partial charge in [-0.05, 0) is 24.6 Å². The molecule has 1 aromatic rings. The fourth-order valence-corrected chi connectivity index (χ4v) is 2.50. The van der Waals surface area contributed by atoms with Gasteiger partial charge in [-0.3, -0.25) is 9.59 Å². The highest BCUT2D eigenvalue weighted by Crippen LogP contribution is 2.27. The van der Waals surface area contributed by atoms with E-state index in [1.54, 1.807) is 24.1 Å². The topological polar surface area (TPSA) is 57.6 Å². The Morgan fingerprint density at radius 1 is 1.30 bits per heavy atom. The maximum Gasteiger partial charge on any atom is 0.313 e. The van der Waals surface area contributed by atoms with Gasteiger partial charge in [0.2, 0.25) is 5.91 Å². The average molecular weight is 336 g/mol. The molecule has 0 aromatic heterocycles. The van der Waals surface area contributed by atoms with Gasteiger partial charge in [-0.2, -0.15) is 0 Å². The molecule has 4 nitrogen and oxygen atoms in total. The molecule has 20 heavy (non-hydrogen) atoms. The van der Waals surface area contributed by atoms with Crippen molar-refractivity contribution < 1.29 is 14.7 Å². The van der Waals surface area contributed by atoms with Crippen LogP contribution in [-0.2, 0) is 9.59 Å². The number of rotatable bonds is 6. The van der Waals surface area contributed by atoms with Crippen LogP contribution < -0.4 is 0 Å². The summed E-state index contributed by atoms with van der Waals surface area (Å²) in [7, 11) is 1.68. The zero-order valence-electron chi connectivity index (χ0n) is 11.1. The zero-order chi connectivity index (χ0) is 15.3. The summed E-state index contributed by atoms with van der Waals surface area (Å²) in [5.41, 5.74) is 0.874. The number of hydrogen-bond acceptors (Lipinski definition) is 3. The first kappa shape index (κ1) is 17.1. The predicted octanol–water partition coefficient (Wildman–Crippen LogP) is 3.33. The van der Waals surface area contributed by atoms with Gasteiger partial charge >= 0.3 is 5.97 Å². The van der Waals surface area contributed by atoms with Gasteiger partial charge in [0.1, 0.15) is 0 Å². The first-order chi connectivity index (χ1) is 9.32. The van der Waals surface area contributed by atoms with Crippen LogP contribution in [0.5, 0.6) is 0 Å². The number of amides is 1. The van der Waals surface area contributed by atoms with E-state index < -0.39 is 5.97 Å². The van der Waals surface area contributed by atoms with Gasteiger partial charge < -0.3 is 10.0 Å². The van der Waals surface area contributed by atoms with Gasteiger partial charge in [0.05, 0.1) is 27.6 Å². The number of benzene rings is 1. The molecule has 0 radical (unpaired) electrons. The third-order valence-corrected chi connectivity index (χ3v) is 4.49. The predicted molar refractivity (Wildman–Crippen MR) is 82.6 cm³/mol. The maximum absolute atomic E-state index is 11.9. The lowest BCUT2D eigenvalue weighted by Crippen LogP contribution is -2.31. The largest absolute Gasteiger partial charge is 0.481 e. The normalized spacial score (nSPS) is 12.0. The van der Waals surface area contributed by atoms with Crippen LogP contribution in [0.2, 0.25) is 10.0 Å². The second kappa shape index (κ2) is 7.76. The van der Waals surface area contributed by atoms with Crippen LogP contribution in [0, 0.1) is 0 Å². The van der Waals surface area contributed by atoms with Crippen molar-refractivity contribution in [1.29, 1.82) is 0 Å². The van der Waals surface area contributed by atoms with Crippen molar-refractivity contribution in [3.05, 3.63) is 33.8 Å². The molecule has 0 heterocycles. The van der Waals surface area contributed by atoms with Crippen molar-refractivity contribution in [2.45, 2.75) is 13.0 Å². The molecule has 0 bridgehead atoms. The molecule has 1 amide bonds. The highest BCUT2D eigenvalue weighted by Gasteiger charge is 2.18. The first-order valence-electron chi connectivity index (χ1n) is 5.83. The number of carbonyl (C=O) groups is 2. The van der Waals surface area contributed by atoms with Crippen LogP contribution in [0.4, 0.5) is 0 Å². The molecule has 1 unspecified atom stereocenters. The third-order valence-electron chi connectivity index (χ3n) is 2.85. The summed E-state index contributed by atoms with van der Waals surface area (Å²) in [4.78, 5) is 23.9. The lowest BCUT2D eigenvalue weighted by molar-refractivity contribution is -0.133. The molecule has 0 spiro atoms. The molecule has 110 valence electrons. The van der Waals surface area contributed by atoms with Crippen LogP contribution in [0.3, 0.4) is 0 Å². The van der Waals surface area contributed by atoms with Crippen LogP contribution in [0.1, 0.15) is 18.5 Å². The number of thioether (sulfide) groups is 1. The van der Waals surface area contributed by atoms with Gasteiger partial charge in [-0.1, -0.05) is 29.3 Å². The third kappa shape index (κ3) is 4.89. The lowest BCUT2D eigenvalue weighted by Gasteiger charge is -2.25. The zero-order valence-corrected chi connectivity index (χ0v) is 13.4. The van der Waals surface area contributed by atoms with Gasteiger partial charge in [0.25, 0.3) is 0 Å². The Morgan fingerprint density at radius 3 is 2.50 bits per heavy atom. The quantitative estimate of drug-likeness (QED) is 0.866. The van der Waals surface area contributed by atoms with E-state index in [0.717, 1.165) is 17.3 Å². The summed E-state index contributed by atoms with van der Waals surface area (Å²) >= 11 is 12.9. The summed E-state index contributed by atoms with van der Waals surface area (Å²) in [6.45, 7) is 1.87. The maximum atomic E-state index is 11.9. The minimum Gasteiger partial charge on any atom is -0.481 e. The van der Waals surface area contributed by atoms with E-state index in [0.29, 0.717) is 10.0 Å². The number of halogens is 2. The first-order valence-corrected chi connectivity index (χ1v) is 7.74. The van der Waals surface area contributed by atoms with Crippen molar-refractivity contribution >= 4 is 46.8 Å². The SMILES string of the molecule is CC(c1ccc(Cl)c(Cl)c1)N(C)C(=O)CSCC(=O)O. The molecular weight excluding hydrogens is 321 g/mol. The summed E-state index contributed by atoms with van der Waals surface area (Å²) in [5.74, 6) is -1.01. The molecule has 0 aliphatic rings. The average Bonchev–Trinajstić information content (AvgIpc) is 2.39. The highest BCUT2D eigenvalue weighted by atomic mass is 35.5. The second-order valence-corrected chi connectivity index (χ2v) is 6.04. The monoisotopic (exact) mass is 335 g/mol. The van der Waals surface area contributed by atoms with Crippen LogP contribution in [0.25, 0.3) is 0 Å². The molecule has 1 aromatic carbocycles. The van der Waals surface area contributed by atoms with Crippen molar-refractivity contribution in [3.8, 4) is 0 Å². The molecule has 0 aliphatic carbocycles. The number of aliphatic carboxylic acids is 1. The van der Waals surface area contributed by atoms with Crippen LogP contribution >= 0.6 is 35.0 Å². The Balaban J connectivity index is 2.65. The molecule has 7 heteroatoms. The standard InChI is InChI=1S/C13H15Cl2NO3S/c1-8(9-3-4-10(14)11(15)5-9)16(2)12(17)6-20-7-13(18)19/h3-5,8H,6-7H2,1-2H3,(H,18,19). The van der Waals surface area contributed by atoms with E-state index in [1.165, 1.54) is 0 Å². The van der Waals surface area contributed by atoms with E-state index in [2.05, 4.69) is 0 Å². The summed E-state index contributed by atoms with van der Waals surface area (Å²) in [5, 5.41) is 9.44. The fourth-order valence-electron chi connectivity index (χ4n) is 1.54. The molecule has 0 aliphatic heterocycles. The summed E-state index contributed by atoms with van der Waals surface area (Å²) in [6, 6.07) is 5.06. The number of nitrogens with zero attached hydrogens (tertiary/aromatic N) is 1. The lowest BCUT2D eigenvalue weighted by atomic mass is 10.1. The van der Waals surface area contributed by atoms with Crippen molar-refractivity contribution in [3.63, 3.8) is 0 Å². The van der Waals surface area contributed by atoms with E-state index in [4.69, 9.17) is 28.3 Å². The van der Waals surface area contributed by atoms with E-state index >= 15 is 0 Å². The Kier molecular flexibility index (Phi) is 6.65. The number of hydrogen-bond donors (Lipinski definition) is 1. The summed E-state index contributed by atoms with van der Waals surface area (Å²) in [6.07, 6.45) is 0. The molecule has 0 saturated heterocycles. The smallest absolute Gasteiger partial charge is 0.313 e. The second-order valence-electron chi connectivity index (χ2n) is 4.24. The van der Waals surface area contributed by atoms with Crippen LogP contribution in [-0.4, -0.2) is 40.4 Å². The number of carboxylic acids is 1. The van der Waals surface area contributed by atoms with Gasteiger partial charge in [-0.25, -0.2) is 0 Å². The Hall–Kier alpha value is -0.910. The summed E-state index contributed by atoms with van der Waals surface area (Å²) < 4.78 is 0. The minimum absolute atomic E-state index is 0.0826. The fraction of sp³-hybridized carbons (Fsp3) is 0.385. The van der Waals surface area contributed by atoms with E-state index in [1.807, 2.05) is 13.0 Å². The van der Waals surface area contributed by atoms with Gasteiger partial charge in [0, 0.05) is 7.05 Å². The van der Waals surface area contributed by atoms with Crippen LogP contribution in [0.15, 0.2) is 18.2 Å². The number of carbonyl (C=O) groups excluding carboxylic acids is 1. The Bertz CT molecular complexity index is 510. The molecule has 1 rings (SSSR count). The minimum atomic E-state index is -0.928. The van der Waals surface area contributed by atoms with Crippen molar-refractivity contribution in [2.24, 2.45) is 0 Å². The molecular formula is C13H15Cl2NO3S. The van der Waals surface area contributed by atoms with Gasteiger partial charge in [-0.15, -0.1) is 11.8 Å². The Morgan fingerprint density at radius 2 is 1.95 bits per heavy atom. The molecule has 1 atom stereocenters. The van der Waals surface area contributed by atoms with Crippen molar-refractivity contribution in [2.75, 3.05) is 18.6 Å². The van der Waals surface area contributed by atoms with Gasteiger partial charge in [0.15, 0.2) is 0 Å². The van der Waals surface area contributed by atoms with E-state index in [-0.39, 0.29) is 23.5 Å². The van der Waals surface area contributed by atoms with E-state index in [9.17, 15) is 9.59 Å². The molecule has 0 fully saturated rings. The van der Waals surface area contributed by atoms with Crippen molar-refractivity contribution in [1.82, 2.24) is 4.90 Å². The highest BCUT2D eigenvalue weighted by molar-refractivity contribution is 8.00.